The monoisotopic (exact) mass is 225 g/mol. The van der Waals surface area contributed by atoms with E-state index in [0.717, 1.165) is 22.6 Å². The molecule has 0 radical (unpaired) electrons. The second-order valence-electron chi connectivity index (χ2n) is 3.83. The Labute approximate surface area is 97.7 Å². The summed E-state index contributed by atoms with van der Waals surface area (Å²) in [5.74, 6) is 1.24. The highest BCUT2D eigenvalue weighted by Gasteiger charge is 2.08. The minimum Gasteiger partial charge on any atom is -0.384 e. The van der Waals surface area contributed by atoms with E-state index in [9.17, 15) is 0 Å². The van der Waals surface area contributed by atoms with Crippen LogP contribution in [0, 0.1) is 6.92 Å². The number of nitrogens with zero attached hydrogens (tertiary/aromatic N) is 3. The lowest BCUT2D eigenvalue weighted by molar-refractivity contribution is 1.18. The summed E-state index contributed by atoms with van der Waals surface area (Å²) in [6.07, 6.45) is 1.76. The van der Waals surface area contributed by atoms with Gasteiger partial charge in [0.15, 0.2) is 5.65 Å². The molecule has 0 amide bonds. The number of nitrogens with two attached hydrogens (primary N) is 1. The minimum atomic E-state index is 0.471. The first-order chi connectivity index (χ1) is 8.24. The van der Waals surface area contributed by atoms with Crippen LogP contribution in [0.4, 0.5) is 5.82 Å². The van der Waals surface area contributed by atoms with Crippen molar-refractivity contribution in [2.75, 3.05) is 5.73 Å². The Hall–Kier alpha value is -2.43. The Morgan fingerprint density at radius 3 is 2.88 bits per heavy atom. The predicted octanol–water partition coefficient (Wildman–Crippen LogP) is 1.91. The van der Waals surface area contributed by atoms with Crippen LogP contribution in [0.3, 0.4) is 0 Å². The van der Waals surface area contributed by atoms with Gasteiger partial charge in [0.25, 0.3) is 0 Å². The number of fused-ring (bicyclic) bond motifs is 1. The maximum absolute atomic E-state index is 5.62. The molecule has 0 fully saturated rings. The quantitative estimate of drug-likeness (QED) is 0.663. The fourth-order valence-electron chi connectivity index (χ4n) is 1.77. The van der Waals surface area contributed by atoms with Crippen LogP contribution >= 0.6 is 0 Å². The number of anilines is 1. The third-order valence-electron chi connectivity index (χ3n) is 2.63. The van der Waals surface area contributed by atoms with E-state index >= 15 is 0 Å². The number of aromatic nitrogens is 4. The Balaban J connectivity index is 2.22. The molecule has 5 nitrogen and oxygen atoms in total. The number of aryl methyl sites for hydroxylation is 1. The average Bonchev–Trinajstić information content (AvgIpc) is 2.72. The number of nitrogen functional groups attached to an aromatic ring is 1. The lowest BCUT2D eigenvalue weighted by Gasteiger charge is -1.98. The van der Waals surface area contributed by atoms with Crippen molar-refractivity contribution in [3.05, 3.63) is 36.2 Å². The van der Waals surface area contributed by atoms with Crippen LogP contribution in [0.15, 0.2) is 30.5 Å². The molecule has 0 spiro atoms. The van der Waals surface area contributed by atoms with Gasteiger partial charge in [0.05, 0.1) is 5.52 Å². The molecule has 3 N–H and O–H groups in total. The lowest BCUT2D eigenvalue weighted by atomic mass is 10.2. The molecule has 0 unspecified atom stereocenters. The third-order valence-corrected chi connectivity index (χ3v) is 2.63. The topological polar surface area (TPSA) is 80.5 Å². The molecule has 84 valence electrons. The van der Waals surface area contributed by atoms with Gasteiger partial charge in [0, 0.05) is 17.5 Å². The molecule has 0 aliphatic carbocycles. The zero-order valence-corrected chi connectivity index (χ0v) is 9.31. The molecule has 3 rings (SSSR count). The minimum absolute atomic E-state index is 0.471. The molecule has 17 heavy (non-hydrogen) atoms. The molecule has 0 atom stereocenters. The number of H-pyrrole nitrogens is 1. The van der Waals surface area contributed by atoms with Crippen molar-refractivity contribution in [3.8, 4) is 11.4 Å². The van der Waals surface area contributed by atoms with E-state index in [0.29, 0.717) is 11.5 Å². The number of imidazole rings is 1. The summed E-state index contributed by atoms with van der Waals surface area (Å²) in [4.78, 5) is 16.0. The van der Waals surface area contributed by atoms with Crippen LogP contribution in [-0.2, 0) is 0 Å². The molecule has 0 saturated heterocycles. The number of rotatable bonds is 1. The predicted molar refractivity (Wildman–Crippen MR) is 66.3 cm³/mol. The molecule has 0 bridgehead atoms. The molecule has 3 heterocycles. The number of hydrogen-bond donors (Lipinski definition) is 2. The SMILES string of the molecule is Cc1ncccc1-c1nc2nc(N)ccc2[nH]1. The van der Waals surface area contributed by atoms with Crippen molar-refractivity contribution in [1.82, 2.24) is 19.9 Å². The van der Waals surface area contributed by atoms with Gasteiger partial charge in [-0.2, -0.15) is 0 Å². The molecular weight excluding hydrogens is 214 g/mol. The normalized spacial score (nSPS) is 10.9. The van der Waals surface area contributed by atoms with Crippen LogP contribution in [0.25, 0.3) is 22.6 Å². The highest BCUT2D eigenvalue weighted by molar-refractivity contribution is 5.77. The Morgan fingerprint density at radius 2 is 2.06 bits per heavy atom. The van der Waals surface area contributed by atoms with Gasteiger partial charge in [0.2, 0.25) is 0 Å². The maximum atomic E-state index is 5.62. The first-order valence-electron chi connectivity index (χ1n) is 5.28. The molecule has 0 aliphatic heterocycles. The van der Waals surface area contributed by atoms with Crippen LogP contribution in [0.2, 0.25) is 0 Å². The third kappa shape index (κ3) is 1.61. The highest BCUT2D eigenvalue weighted by atomic mass is 15.0. The van der Waals surface area contributed by atoms with E-state index in [1.165, 1.54) is 0 Å². The molecule has 3 aromatic heterocycles. The van der Waals surface area contributed by atoms with Crippen LogP contribution < -0.4 is 5.73 Å². The van der Waals surface area contributed by atoms with Gasteiger partial charge in [-0.15, -0.1) is 0 Å². The standard InChI is InChI=1S/C12H11N5/c1-7-8(3-2-6-14-7)11-15-9-4-5-10(13)16-12(9)17-11/h2-6H,1H3,(H3,13,15,16,17). The largest absolute Gasteiger partial charge is 0.384 e. The van der Waals surface area contributed by atoms with E-state index in [2.05, 4.69) is 19.9 Å². The first-order valence-corrected chi connectivity index (χ1v) is 5.28. The fourth-order valence-corrected chi connectivity index (χ4v) is 1.77. The van der Waals surface area contributed by atoms with Crippen LogP contribution in [0.5, 0.6) is 0 Å². The van der Waals surface area contributed by atoms with E-state index in [1.807, 2.05) is 25.1 Å². The van der Waals surface area contributed by atoms with Gasteiger partial charge in [-0.05, 0) is 31.2 Å². The molecule has 0 aliphatic rings. The summed E-state index contributed by atoms with van der Waals surface area (Å²) >= 11 is 0. The summed E-state index contributed by atoms with van der Waals surface area (Å²) in [6, 6.07) is 7.49. The second kappa shape index (κ2) is 3.55. The number of aromatic amines is 1. The smallest absolute Gasteiger partial charge is 0.180 e. The number of hydrogen-bond acceptors (Lipinski definition) is 4. The van der Waals surface area contributed by atoms with Gasteiger partial charge in [-0.1, -0.05) is 0 Å². The molecule has 5 heteroatoms. The van der Waals surface area contributed by atoms with Crippen molar-refractivity contribution in [1.29, 1.82) is 0 Å². The van der Waals surface area contributed by atoms with Gasteiger partial charge >= 0.3 is 0 Å². The number of nitrogens with one attached hydrogen (secondary N) is 1. The molecule has 0 aromatic carbocycles. The summed E-state index contributed by atoms with van der Waals surface area (Å²) in [5, 5.41) is 0. The van der Waals surface area contributed by atoms with E-state index in [1.54, 1.807) is 12.3 Å². The van der Waals surface area contributed by atoms with Crippen molar-refractivity contribution in [2.24, 2.45) is 0 Å². The van der Waals surface area contributed by atoms with Crippen LogP contribution in [-0.4, -0.2) is 19.9 Å². The summed E-state index contributed by atoms with van der Waals surface area (Å²) in [5.41, 5.74) is 9.03. The lowest BCUT2D eigenvalue weighted by Crippen LogP contribution is -1.89. The Morgan fingerprint density at radius 1 is 1.18 bits per heavy atom. The van der Waals surface area contributed by atoms with Crippen LogP contribution in [0.1, 0.15) is 5.69 Å². The second-order valence-corrected chi connectivity index (χ2v) is 3.83. The number of pyridine rings is 2. The molecular formula is C12H11N5. The maximum Gasteiger partial charge on any atom is 0.180 e. The van der Waals surface area contributed by atoms with Gasteiger partial charge < -0.3 is 10.7 Å². The summed E-state index contributed by atoms with van der Waals surface area (Å²) in [6.45, 7) is 1.95. The Bertz CT molecular complexity index is 686. The zero-order valence-electron chi connectivity index (χ0n) is 9.31. The van der Waals surface area contributed by atoms with Crippen molar-refractivity contribution >= 4 is 17.0 Å². The fraction of sp³-hybridized carbons (Fsp3) is 0.0833. The summed E-state index contributed by atoms with van der Waals surface area (Å²) < 4.78 is 0. The summed E-state index contributed by atoms with van der Waals surface area (Å²) in [7, 11) is 0. The average molecular weight is 225 g/mol. The van der Waals surface area contributed by atoms with E-state index < -0.39 is 0 Å². The van der Waals surface area contributed by atoms with Crippen molar-refractivity contribution in [2.45, 2.75) is 6.92 Å². The van der Waals surface area contributed by atoms with Crippen molar-refractivity contribution in [3.63, 3.8) is 0 Å². The van der Waals surface area contributed by atoms with Gasteiger partial charge in [0.1, 0.15) is 11.6 Å². The van der Waals surface area contributed by atoms with E-state index in [4.69, 9.17) is 5.73 Å². The Kier molecular flexibility index (Phi) is 2.04. The molecule has 0 saturated carbocycles. The first kappa shape index (κ1) is 9.77. The molecule has 3 aromatic rings. The van der Waals surface area contributed by atoms with Gasteiger partial charge in [-0.25, -0.2) is 9.97 Å². The van der Waals surface area contributed by atoms with Gasteiger partial charge in [-0.3, -0.25) is 4.98 Å². The zero-order chi connectivity index (χ0) is 11.8. The van der Waals surface area contributed by atoms with Crippen molar-refractivity contribution < 1.29 is 0 Å². The van der Waals surface area contributed by atoms with E-state index in [-0.39, 0.29) is 0 Å². The highest BCUT2D eigenvalue weighted by Crippen LogP contribution is 2.21.